The van der Waals surface area contributed by atoms with Gasteiger partial charge in [-0.2, -0.15) is 0 Å². The Balaban J connectivity index is 2.49. The van der Waals surface area contributed by atoms with Gasteiger partial charge in [0, 0.05) is 16.2 Å². The highest BCUT2D eigenvalue weighted by atomic mass is 79.9. The minimum atomic E-state index is 0.980. The number of nitrogens with zero attached hydrogens (tertiary/aromatic N) is 1. The van der Waals surface area contributed by atoms with Gasteiger partial charge in [0.05, 0.1) is 15.2 Å². The van der Waals surface area contributed by atoms with Gasteiger partial charge >= 0.3 is 0 Å². The second-order valence-electron chi connectivity index (χ2n) is 2.66. The molecule has 0 N–H and O–H groups in total. The van der Waals surface area contributed by atoms with E-state index in [1.807, 2.05) is 0 Å². The zero-order valence-corrected chi connectivity index (χ0v) is 10.7. The normalized spacial score (nSPS) is 10.9. The molecule has 4 heteroatoms. The molecule has 1 aromatic heterocycles. The Hall–Kier alpha value is 0.0700. The molecule has 1 nitrogen and oxygen atoms in total. The molecule has 13 heavy (non-hydrogen) atoms. The van der Waals surface area contributed by atoms with Crippen LogP contribution in [0.2, 0.25) is 0 Å². The topological polar surface area (TPSA) is 12.9 Å². The van der Waals surface area contributed by atoms with E-state index >= 15 is 0 Å². The van der Waals surface area contributed by atoms with E-state index in [1.165, 1.54) is 9.71 Å². The quantitative estimate of drug-likeness (QED) is 0.762. The fourth-order valence-electron chi connectivity index (χ4n) is 1.14. The molecule has 0 unspecified atom stereocenters. The van der Waals surface area contributed by atoms with Gasteiger partial charge in [0.2, 0.25) is 0 Å². The molecule has 0 aliphatic carbocycles. The van der Waals surface area contributed by atoms with E-state index in [9.17, 15) is 0 Å². The van der Waals surface area contributed by atoms with Crippen molar-refractivity contribution in [2.45, 2.75) is 6.42 Å². The van der Waals surface area contributed by atoms with E-state index in [1.54, 1.807) is 11.3 Å². The van der Waals surface area contributed by atoms with Gasteiger partial charge in [0.25, 0.3) is 0 Å². The maximum Gasteiger partial charge on any atom is 0.0946 e. The summed E-state index contributed by atoms with van der Waals surface area (Å²) in [5.74, 6) is 0. The van der Waals surface area contributed by atoms with Crippen molar-refractivity contribution in [2.75, 3.05) is 5.33 Å². The average Bonchev–Trinajstić information content (AvgIpc) is 2.46. The molecule has 0 aliphatic rings. The molecule has 0 saturated carbocycles. The summed E-state index contributed by atoms with van der Waals surface area (Å²) in [6, 6.07) is 6.22. The number of rotatable bonds is 2. The van der Waals surface area contributed by atoms with Crippen LogP contribution >= 0.6 is 43.2 Å². The summed E-state index contributed by atoms with van der Waals surface area (Å²) in [5, 5.41) is 2.18. The van der Waals surface area contributed by atoms with Crippen LogP contribution in [-0.2, 0) is 6.42 Å². The summed E-state index contributed by atoms with van der Waals surface area (Å²) >= 11 is 8.62. The van der Waals surface area contributed by atoms with Gasteiger partial charge in [-0.15, -0.1) is 11.3 Å². The van der Waals surface area contributed by atoms with Crippen LogP contribution in [0.25, 0.3) is 10.2 Å². The molecule has 0 aliphatic heterocycles. The largest absolute Gasteiger partial charge is 0.241 e. The lowest BCUT2D eigenvalue weighted by molar-refractivity contribution is 1.13. The van der Waals surface area contributed by atoms with Gasteiger partial charge in [-0.3, -0.25) is 0 Å². The highest BCUT2D eigenvalue weighted by Crippen LogP contribution is 2.25. The first-order valence-corrected chi connectivity index (χ1v) is 6.63. The second-order valence-corrected chi connectivity index (χ2v) is 5.48. The lowest BCUT2D eigenvalue weighted by Crippen LogP contribution is -1.81. The molecule has 0 bridgehead atoms. The van der Waals surface area contributed by atoms with Gasteiger partial charge in [-0.25, -0.2) is 4.98 Å². The first kappa shape index (κ1) is 9.62. The third-order valence-electron chi connectivity index (χ3n) is 1.70. The van der Waals surface area contributed by atoms with E-state index < -0.39 is 0 Å². The summed E-state index contributed by atoms with van der Waals surface area (Å²) < 4.78 is 2.36. The number of aromatic nitrogens is 1. The monoisotopic (exact) mass is 319 g/mol. The molecule has 1 heterocycles. The van der Waals surface area contributed by atoms with E-state index in [4.69, 9.17) is 0 Å². The first-order valence-electron chi connectivity index (χ1n) is 3.90. The summed E-state index contributed by atoms with van der Waals surface area (Å²) in [6.45, 7) is 0. The number of aryl methyl sites for hydroxylation is 1. The molecule has 0 spiro atoms. The van der Waals surface area contributed by atoms with Crippen LogP contribution in [0.3, 0.4) is 0 Å². The minimum absolute atomic E-state index is 0.980. The van der Waals surface area contributed by atoms with Gasteiger partial charge in [0.15, 0.2) is 0 Å². The third-order valence-corrected chi connectivity index (χ3v) is 3.69. The number of hydrogen-bond donors (Lipinski definition) is 0. The fraction of sp³-hybridized carbons (Fsp3) is 0.222. The van der Waals surface area contributed by atoms with Crippen LogP contribution in [-0.4, -0.2) is 10.3 Å². The molecule has 0 radical (unpaired) electrons. The standard InChI is InChI=1S/C9H7Br2NS/c10-4-3-9-12-7-5-6(11)1-2-8(7)13-9/h1-2,5H,3-4H2. The van der Waals surface area contributed by atoms with E-state index in [0.717, 1.165) is 21.7 Å². The van der Waals surface area contributed by atoms with E-state index in [0.29, 0.717) is 0 Å². The Labute approximate surface area is 97.4 Å². The van der Waals surface area contributed by atoms with Crippen molar-refractivity contribution in [3.63, 3.8) is 0 Å². The second kappa shape index (κ2) is 4.07. The van der Waals surface area contributed by atoms with E-state index in [-0.39, 0.29) is 0 Å². The van der Waals surface area contributed by atoms with Gasteiger partial charge < -0.3 is 0 Å². The Bertz CT molecular complexity index is 424. The summed E-state index contributed by atoms with van der Waals surface area (Å²) in [4.78, 5) is 4.52. The number of thiazole rings is 1. The van der Waals surface area contributed by atoms with Crippen LogP contribution in [0.1, 0.15) is 5.01 Å². The van der Waals surface area contributed by atoms with Crippen LogP contribution < -0.4 is 0 Å². The number of halogens is 2. The van der Waals surface area contributed by atoms with Crippen molar-refractivity contribution in [1.82, 2.24) is 4.98 Å². The molecule has 1 aromatic carbocycles. The van der Waals surface area contributed by atoms with Crippen molar-refractivity contribution in [1.29, 1.82) is 0 Å². The van der Waals surface area contributed by atoms with Crippen LogP contribution in [0, 0.1) is 0 Å². The van der Waals surface area contributed by atoms with Crippen LogP contribution in [0.15, 0.2) is 22.7 Å². The van der Waals surface area contributed by atoms with Crippen LogP contribution in [0.5, 0.6) is 0 Å². The van der Waals surface area contributed by atoms with E-state index in [2.05, 4.69) is 55.0 Å². The number of fused-ring (bicyclic) bond motifs is 1. The maximum absolute atomic E-state index is 4.52. The zero-order chi connectivity index (χ0) is 9.26. The molecule has 0 amide bonds. The highest BCUT2D eigenvalue weighted by Gasteiger charge is 2.02. The number of benzene rings is 1. The molecule has 0 saturated heterocycles. The number of alkyl halides is 1. The van der Waals surface area contributed by atoms with Gasteiger partial charge in [-0.05, 0) is 18.2 Å². The fourth-order valence-corrected chi connectivity index (χ4v) is 3.07. The molecular formula is C9H7Br2NS. The molecule has 2 aromatic rings. The average molecular weight is 321 g/mol. The Kier molecular flexibility index (Phi) is 3.01. The molecule has 0 fully saturated rings. The highest BCUT2D eigenvalue weighted by molar-refractivity contribution is 9.10. The van der Waals surface area contributed by atoms with Crippen molar-refractivity contribution in [3.8, 4) is 0 Å². The lowest BCUT2D eigenvalue weighted by atomic mass is 10.3. The maximum atomic E-state index is 4.52. The van der Waals surface area contributed by atoms with Crippen molar-refractivity contribution in [3.05, 3.63) is 27.7 Å². The third kappa shape index (κ3) is 2.11. The first-order chi connectivity index (χ1) is 6.29. The smallest absolute Gasteiger partial charge is 0.0946 e. The van der Waals surface area contributed by atoms with Crippen molar-refractivity contribution >= 4 is 53.4 Å². The number of hydrogen-bond acceptors (Lipinski definition) is 2. The predicted molar refractivity (Wildman–Crippen MR) is 64.8 cm³/mol. The Morgan fingerprint density at radius 2 is 2.23 bits per heavy atom. The van der Waals surface area contributed by atoms with Crippen LogP contribution in [0.4, 0.5) is 0 Å². The molecular weight excluding hydrogens is 314 g/mol. The van der Waals surface area contributed by atoms with Crippen molar-refractivity contribution < 1.29 is 0 Å². The predicted octanol–water partition coefficient (Wildman–Crippen LogP) is 4.00. The summed E-state index contributed by atoms with van der Waals surface area (Å²) in [6.07, 6.45) is 1.01. The summed E-state index contributed by atoms with van der Waals surface area (Å²) in [5.41, 5.74) is 1.09. The summed E-state index contributed by atoms with van der Waals surface area (Å²) in [7, 11) is 0. The Morgan fingerprint density at radius 3 is 3.00 bits per heavy atom. The van der Waals surface area contributed by atoms with Gasteiger partial charge in [-0.1, -0.05) is 31.9 Å². The minimum Gasteiger partial charge on any atom is -0.241 e. The Morgan fingerprint density at radius 1 is 1.38 bits per heavy atom. The lowest BCUT2D eigenvalue weighted by Gasteiger charge is -1.87. The van der Waals surface area contributed by atoms with Gasteiger partial charge in [0.1, 0.15) is 0 Å². The zero-order valence-electron chi connectivity index (χ0n) is 6.76. The molecule has 2 rings (SSSR count). The molecule has 0 atom stereocenters. The van der Waals surface area contributed by atoms with Crippen molar-refractivity contribution in [2.24, 2.45) is 0 Å². The SMILES string of the molecule is BrCCc1nc2cc(Br)ccc2s1. The molecule has 68 valence electrons.